The van der Waals surface area contributed by atoms with E-state index in [4.69, 9.17) is 4.99 Å². The van der Waals surface area contributed by atoms with Gasteiger partial charge in [-0.15, -0.1) is 10.2 Å². The monoisotopic (exact) mass is 476 g/mol. The van der Waals surface area contributed by atoms with Crippen molar-refractivity contribution in [1.29, 1.82) is 0 Å². The number of hydrogen-bond donors (Lipinski definition) is 0. The van der Waals surface area contributed by atoms with E-state index in [0.717, 1.165) is 62.6 Å². The minimum Gasteiger partial charge on any atom is -0.306 e. The molecular weight excluding hydrogens is 452 g/mol. The third-order valence-corrected chi connectivity index (χ3v) is 7.32. The van der Waals surface area contributed by atoms with Crippen LogP contribution in [0.25, 0.3) is 32.1 Å². The van der Waals surface area contributed by atoms with E-state index in [2.05, 4.69) is 47.5 Å². The first-order chi connectivity index (χ1) is 17.2. The predicted molar refractivity (Wildman–Crippen MR) is 145 cm³/mol. The van der Waals surface area contributed by atoms with Crippen LogP contribution in [0.15, 0.2) is 83.9 Å². The average Bonchev–Trinajstić information content (AvgIpc) is 3.46. The fourth-order valence-electron chi connectivity index (χ4n) is 4.81. The summed E-state index contributed by atoms with van der Waals surface area (Å²) in [6.45, 7) is 2.87. The summed E-state index contributed by atoms with van der Waals surface area (Å²) in [4.78, 5) is 19.9. The summed E-state index contributed by atoms with van der Waals surface area (Å²) in [6.07, 6.45) is 3.18. The summed E-state index contributed by atoms with van der Waals surface area (Å²) in [6, 6.07) is 26.8. The fraction of sp³-hybridized carbons (Fsp3) is 0.172. The van der Waals surface area contributed by atoms with E-state index < -0.39 is 0 Å². The van der Waals surface area contributed by atoms with Gasteiger partial charge in [-0.25, -0.2) is 4.99 Å². The third-order valence-electron chi connectivity index (χ3n) is 6.49. The molecule has 0 fully saturated rings. The number of anilines is 1. The largest absolute Gasteiger partial charge is 0.306 e. The molecule has 5 aromatic rings. The van der Waals surface area contributed by atoms with Gasteiger partial charge in [0, 0.05) is 17.7 Å². The highest BCUT2D eigenvalue weighted by atomic mass is 32.1. The maximum absolute atomic E-state index is 13.3. The van der Waals surface area contributed by atoms with Crippen LogP contribution in [0.2, 0.25) is 0 Å². The van der Waals surface area contributed by atoms with Gasteiger partial charge in [0.2, 0.25) is 5.13 Å². The number of para-hydroxylation sites is 1. The highest BCUT2D eigenvalue weighted by Crippen LogP contribution is 2.40. The first-order valence-electron chi connectivity index (χ1n) is 12.0. The van der Waals surface area contributed by atoms with Crippen LogP contribution in [0.4, 0.5) is 10.8 Å². The lowest BCUT2D eigenvalue weighted by Crippen LogP contribution is -2.31. The maximum atomic E-state index is 13.3. The number of aromatic nitrogens is 2. The second-order valence-electron chi connectivity index (χ2n) is 8.73. The quantitative estimate of drug-likeness (QED) is 0.193. The van der Waals surface area contributed by atoms with Gasteiger partial charge < -0.3 is 4.90 Å². The lowest BCUT2D eigenvalue weighted by Gasteiger charge is -2.16. The Morgan fingerprint density at radius 2 is 1.54 bits per heavy atom. The normalized spacial score (nSPS) is 14.4. The molecule has 0 saturated heterocycles. The Labute approximate surface area is 207 Å². The Bertz CT molecular complexity index is 1550. The molecule has 1 aromatic heterocycles. The van der Waals surface area contributed by atoms with Crippen molar-refractivity contribution in [3.05, 3.63) is 84.4 Å². The van der Waals surface area contributed by atoms with Gasteiger partial charge in [0.05, 0.1) is 5.69 Å². The number of carbonyl (C=O) groups excluding carboxylic acids is 1. The minimum atomic E-state index is -0.0605. The van der Waals surface area contributed by atoms with Gasteiger partial charge in [0.15, 0.2) is 5.01 Å². The summed E-state index contributed by atoms with van der Waals surface area (Å²) in [5.74, 6) is -0.0605. The number of aliphatic imine (C=N–C) groups is 1. The zero-order valence-corrected chi connectivity index (χ0v) is 20.3. The number of amides is 1. The molecule has 0 unspecified atom stereocenters. The number of fused-ring (bicyclic) bond motifs is 3. The molecule has 2 heterocycles. The van der Waals surface area contributed by atoms with Crippen molar-refractivity contribution in [1.82, 2.24) is 10.2 Å². The number of carbonyl (C=O) groups is 1. The highest BCUT2D eigenvalue weighted by Gasteiger charge is 2.33. The Morgan fingerprint density at radius 3 is 2.29 bits per heavy atom. The van der Waals surface area contributed by atoms with E-state index in [1.54, 1.807) is 0 Å². The van der Waals surface area contributed by atoms with Gasteiger partial charge >= 0.3 is 0 Å². The number of nitrogens with zero attached hydrogens (tertiary/aromatic N) is 4. The predicted octanol–water partition coefficient (Wildman–Crippen LogP) is 7.17. The standard InChI is InChI=1S/C29H24N4OS/c1-2-3-10-17-33-24-16-9-8-15-23(24)26(28(33)34)30-29-32-31-27(35-29)25-21-13-6-4-11-19(21)18-20-12-5-7-14-22(20)25/h4-9,11-16,18H,2-3,10,17H2,1H3/b30-26+. The maximum Gasteiger partial charge on any atom is 0.277 e. The van der Waals surface area contributed by atoms with Crippen molar-refractivity contribution in [2.75, 3.05) is 11.4 Å². The first-order valence-corrected chi connectivity index (χ1v) is 12.8. The molecule has 6 rings (SSSR count). The summed E-state index contributed by atoms with van der Waals surface area (Å²) in [5, 5.41) is 14.8. The summed E-state index contributed by atoms with van der Waals surface area (Å²) >= 11 is 1.42. The van der Waals surface area contributed by atoms with Gasteiger partial charge in [-0.1, -0.05) is 97.8 Å². The molecule has 6 heteroatoms. The van der Waals surface area contributed by atoms with Crippen LogP contribution in [0, 0.1) is 0 Å². The summed E-state index contributed by atoms with van der Waals surface area (Å²) in [7, 11) is 0. The topological polar surface area (TPSA) is 58.5 Å². The van der Waals surface area contributed by atoms with E-state index in [1.807, 2.05) is 53.4 Å². The Kier molecular flexibility index (Phi) is 5.58. The summed E-state index contributed by atoms with van der Waals surface area (Å²) in [5.41, 5.74) is 3.29. The molecular formula is C29H24N4OS. The van der Waals surface area contributed by atoms with Crippen molar-refractivity contribution < 1.29 is 4.79 Å². The van der Waals surface area contributed by atoms with Gasteiger partial charge in [-0.3, -0.25) is 4.79 Å². The molecule has 4 aromatic carbocycles. The molecule has 0 radical (unpaired) electrons. The van der Waals surface area contributed by atoms with Gasteiger partial charge in [0.25, 0.3) is 5.91 Å². The van der Waals surface area contributed by atoms with Crippen LogP contribution in [-0.2, 0) is 4.79 Å². The van der Waals surface area contributed by atoms with Crippen LogP contribution >= 0.6 is 11.3 Å². The molecule has 1 aliphatic heterocycles. The molecule has 0 atom stereocenters. The van der Waals surface area contributed by atoms with Crippen LogP contribution < -0.4 is 4.90 Å². The van der Waals surface area contributed by atoms with Crippen molar-refractivity contribution in [3.63, 3.8) is 0 Å². The minimum absolute atomic E-state index is 0.0605. The average molecular weight is 477 g/mol. The van der Waals surface area contributed by atoms with Crippen LogP contribution in [0.3, 0.4) is 0 Å². The Balaban J connectivity index is 1.43. The number of benzene rings is 4. The van der Waals surface area contributed by atoms with Gasteiger partial charge in [0.1, 0.15) is 5.71 Å². The van der Waals surface area contributed by atoms with Crippen molar-refractivity contribution in [3.8, 4) is 10.6 Å². The molecule has 1 amide bonds. The van der Waals surface area contributed by atoms with E-state index >= 15 is 0 Å². The third kappa shape index (κ3) is 3.80. The molecule has 0 N–H and O–H groups in total. The van der Waals surface area contributed by atoms with Crippen LogP contribution in [0.5, 0.6) is 0 Å². The Morgan fingerprint density at radius 1 is 0.857 bits per heavy atom. The molecule has 0 spiro atoms. The van der Waals surface area contributed by atoms with E-state index in [-0.39, 0.29) is 5.91 Å². The first kappa shape index (κ1) is 21.6. The van der Waals surface area contributed by atoms with Gasteiger partial charge in [-0.05, 0) is 40.1 Å². The second-order valence-corrected chi connectivity index (χ2v) is 9.68. The van der Waals surface area contributed by atoms with Crippen LogP contribution in [0.1, 0.15) is 31.7 Å². The van der Waals surface area contributed by atoms with E-state index in [9.17, 15) is 4.79 Å². The number of unbranched alkanes of at least 4 members (excludes halogenated alkanes) is 2. The summed E-state index contributed by atoms with van der Waals surface area (Å²) < 4.78 is 0. The van der Waals surface area contributed by atoms with Crippen molar-refractivity contribution in [2.45, 2.75) is 26.2 Å². The smallest absolute Gasteiger partial charge is 0.277 e. The second kappa shape index (κ2) is 9.04. The molecule has 0 saturated carbocycles. The number of hydrogen-bond acceptors (Lipinski definition) is 5. The van der Waals surface area contributed by atoms with Crippen molar-refractivity contribution >= 4 is 55.3 Å². The van der Waals surface area contributed by atoms with Crippen molar-refractivity contribution in [2.24, 2.45) is 4.99 Å². The Hall–Kier alpha value is -3.90. The number of rotatable bonds is 6. The molecule has 0 aliphatic carbocycles. The SMILES string of the molecule is CCCCCN1C(=O)/C(=N/c2nnc(-c3c4ccccc4cc4ccccc34)s2)c2ccccc21. The van der Waals surface area contributed by atoms with Crippen LogP contribution in [-0.4, -0.2) is 28.4 Å². The fourth-order valence-corrected chi connectivity index (χ4v) is 5.61. The highest BCUT2D eigenvalue weighted by molar-refractivity contribution is 7.18. The molecule has 172 valence electrons. The van der Waals surface area contributed by atoms with E-state index in [1.165, 1.54) is 11.3 Å². The zero-order chi connectivity index (χ0) is 23.8. The lowest BCUT2D eigenvalue weighted by molar-refractivity contribution is -0.112. The van der Waals surface area contributed by atoms with E-state index in [0.29, 0.717) is 17.4 Å². The molecule has 5 nitrogen and oxygen atoms in total. The molecule has 1 aliphatic rings. The molecule has 35 heavy (non-hydrogen) atoms. The zero-order valence-electron chi connectivity index (χ0n) is 19.4. The lowest BCUT2D eigenvalue weighted by atomic mass is 9.97. The van der Waals surface area contributed by atoms with Gasteiger partial charge in [-0.2, -0.15) is 0 Å². The molecule has 0 bridgehead atoms.